The van der Waals surface area contributed by atoms with Crippen molar-refractivity contribution in [3.63, 3.8) is 0 Å². The van der Waals surface area contributed by atoms with Crippen molar-refractivity contribution in [3.8, 4) is 0 Å². The van der Waals surface area contributed by atoms with Crippen LogP contribution in [0.15, 0.2) is 66.7 Å². The number of hydrogen-bond acceptors (Lipinski definition) is 34. The van der Waals surface area contributed by atoms with Crippen LogP contribution < -0.4 is 33.4 Å². The van der Waals surface area contributed by atoms with E-state index >= 15 is 0 Å². The van der Waals surface area contributed by atoms with Gasteiger partial charge in [0.15, 0.2) is 111 Å². The van der Waals surface area contributed by atoms with Gasteiger partial charge in [-0.1, -0.05) is 0 Å². The van der Waals surface area contributed by atoms with Crippen LogP contribution in [0.3, 0.4) is 0 Å². The molecular weight excluding hydrogens is 2060 g/mol. The summed E-state index contributed by atoms with van der Waals surface area (Å²) >= 11 is 6.40. The third-order valence-corrected chi connectivity index (χ3v) is 36.3. The normalized spacial score (nSPS) is 29.8. The van der Waals surface area contributed by atoms with E-state index in [1.165, 1.54) is 70.1 Å². The number of alkyl halides is 2. The molecule has 12 aromatic rings. The number of imidazole rings is 6. The van der Waals surface area contributed by atoms with Gasteiger partial charge in [-0.2, -0.15) is 0 Å². The van der Waals surface area contributed by atoms with Crippen LogP contribution in [0, 0.1) is 41.5 Å². The molecule has 7 saturated heterocycles. The molecule has 0 spiro atoms. The van der Waals surface area contributed by atoms with Crippen molar-refractivity contribution in [3.05, 3.63) is 135 Å². The van der Waals surface area contributed by atoms with E-state index in [1.54, 1.807) is 57.6 Å². The van der Waals surface area contributed by atoms with Crippen molar-refractivity contribution < 1.29 is 83.5 Å². The number of nitrogens with zero attached hydrogens (tertiary/aromatic N) is 18. The van der Waals surface area contributed by atoms with Gasteiger partial charge in [-0.25, -0.2) is 64.2 Å². The third-order valence-electron chi connectivity index (χ3n) is 27.1. The number of ether oxygens (including phenoxy) is 7. The van der Waals surface area contributed by atoms with E-state index in [1.807, 2.05) is 0 Å². The molecule has 6 unspecified atom stereocenters. The molecule has 0 amide bonds. The standard InChI is InChI=1S/C16H23N4O4P.3C16H25N4O4P.C15H22ClN4O3P.C15H22FN4O3P/c1-9-18-13-10(14(22)19-9)17-8-20(13)15-11-12(21)16(24-15,7-23-11)5-6-25(2,3)4;1-9-18-13-10(14(23)19-9)17-8-20(13)15-11(21)12(22)16(2,24-15)6-7-25(3,4)5;2*1-9-18-13-11(14(22)19-9)17-8-20(13)15-16(2,23)12(21)10(24-15)6-7-25(3,4)5;2*1-8-18-13-11(14(22)19-8)17-7-20(13)15-10(16)12(21)9(23-15)5-6-24(2,3)4/h8,11-12,15,21H,2,5-7H2,1,3-4H3,(H,18,19,22);8,11-12,15,21-22H,3,6-7H2,1-2,4-5H3,(H,18,19,23);2*8,10,12,15,21,23H,3,6-7H2,1-2,4-5H3,(H,18,19,22);2*7,9-10,12,15,21H,2,5-6H2,1,3-4H3,(H,18,19,22)/t11-,12+,15?,16+;11-,12+,15?,16-;10-,12-,15?,16+;10-,12-,15?,16-;2*9-,10-,12-,15?/m111111/s1. The first kappa shape index (κ1) is 115. The molecule has 0 aromatic carbocycles. The van der Waals surface area contributed by atoms with Gasteiger partial charge in [0.2, 0.25) is 0 Å². The van der Waals surface area contributed by atoms with E-state index in [2.05, 4.69) is 207 Å². The number of nitrogens with one attached hydrogen (secondary N) is 6. The van der Waals surface area contributed by atoms with E-state index in [0.717, 1.165) is 37.0 Å². The predicted octanol–water partition coefficient (Wildman–Crippen LogP) is 4.68. The number of aliphatic hydroxyl groups excluding tert-OH is 7. The maximum Gasteiger partial charge on any atom is 0.279 e. The maximum absolute atomic E-state index is 14.6. The molecule has 0 aliphatic carbocycles. The van der Waals surface area contributed by atoms with Gasteiger partial charge in [-0.3, -0.25) is 56.2 Å². The number of hydrogen-bond donors (Lipinski definition) is 15. The van der Waals surface area contributed by atoms with Gasteiger partial charge in [-0.05, 0) is 218 Å². The fourth-order valence-corrected chi connectivity index (χ4v) is 24.9. The van der Waals surface area contributed by atoms with E-state index in [-0.39, 0.29) is 78.2 Å². The van der Waals surface area contributed by atoms with Gasteiger partial charge < -0.3 is 109 Å². The van der Waals surface area contributed by atoms with Crippen molar-refractivity contribution >= 4 is 158 Å². The highest BCUT2D eigenvalue weighted by atomic mass is 35.5. The van der Waals surface area contributed by atoms with Gasteiger partial charge in [0.1, 0.15) is 106 Å². The monoisotopic (exact) mass is 2200 g/mol. The molecule has 0 radical (unpaired) electrons. The molecule has 7 fully saturated rings. The Bertz CT molecular complexity index is 7240. The molecule has 7 aliphatic rings. The molecule has 814 valence electrons. The quantitative estimate of drug-likeness (QED) is 0.0288. The van der Waals surface area contributed by atoms with Crippen molar-refractivity contribution in [1.82, 2.24) is 117 Å². The molecule has 2 bridgehead atoms. The molecule has 148 heavy (non-hydrogen) atoms. The highest BCUT2D eigenvalue weighted by Gasteiger charge is 2.62. The number of aromatic amines is 6. The van der Waals surface area contributed by atoms with Crippen LogP contribution in [-0.2, 0) is 33.2 Å². The van der Waals surface area contributed by atoms with Gasteiger partial charge in [0.05, 0.1) is 74.6 Å². The zero-order valence-corrected chi connectivity index (χ0v) is 93.4. The molecule has 19 heterocycles. The van der Waals surface area contributed by atoms with Gasteiger partial charge >= 0.3 is 0 Å². The molecule has 19 rings (SSSR count). The molecule has 0 saturated carbocycles. The SMILES string of the molecule is C=P(C)(C)CC[C@@]1(C)OC(n2cnc3c(=O)[nH]c(C)nc32)[C@H](O)[C@@H]1O.C=P(C)(C)CC[C@@]12CO[C@@H](C(n3cnc4c(=O)[nH]c(C)nc43)O1)[C@@H]2O.C=P(C)(C)CC[C@H]1OC(n2cnc3c(=O)[nH]c(C)nc32)[C@@](C)(O)[C@@H]1O.C=P(C)(C)CC[C@H]1OC(n2cnc3c(=O)[nH]c(C)nc32)[C@H](Cl)[C@@H]1O.C=P(C)(C)CC[C@H]1OC(n2cnc3c(=O)[nH]c(C)nc32)[C@H](F)[C@@H]1O.C=P(C)(C)CC[C@H]1OC(n2cnc3c(=O)[nH]c(C)nc32)[C@](C)(O)[C@@H]1O. The summed E-state index contributed by atoms with van der Waals surface area (Å²) in [6, 6.07) is 0. The highest BCUT2D eigenvalue weighted by molar-refractivity contribution is 7.73. The summed E-state index contributed by atoms with van der Waals surface area (Å²) in [6.45, 7) is 33.2. The first-order chi connectivity index (χ1) is 68.6. The van der Waals surface area contributed by atoms with Crippen LogP contribution in [-0.4, -0.2) is 432 Å². The number of aromatic nitrogens is 24. The average molecular weight is 2200 g/mol. The minimum absolute atomic E-state index is 0.124. The van der Waals surface area contributed by atoms with E-state index in [4.69, 9.17) is 44.8 Å². The Hall–Kier alpha value is -8.52. The Morgan fingerprint density at radius 2 is 0.642 bits per heavy atom. The summed E-state index contributed by atoms with van der Waals surface area (Å²) in [6.07, 6.45) is 26.6. The molecule has 54 heteroatoms. The maximum atomic E-state index is 14.6. The molecule has 24 atom stereocenters. The second-order valence-corrected chi connectivity index (χ2v) is 70.8. The summed E-state index contributed by atoms with van der Waals surface area (Å²) in [5.74, 6) is 2.72. The highest BCUT2D eigenvalue weighted by Crippen LogP contribution is 2.53. The summed E-state index contributed by atoms with van der Waals surface area (Å²) < 4.78 is 65.7. The van der Waals surface area contributed by atoms with Crippen LogP contribution >= 0.6 is 52.9 Å². The third kappa shape index (κ3) is 25.1. The Morgan fingerprint density at radius 3 is 0.973 bits per heavy atom. The Morgan fingerprint density at radius 1 is 0.365 bits per heavy atom. The van der Waals surface area contributed by atoms with Crippen molar-refractivity contribution in [2.24, 2.45) is 0 Å². The van der Waals surface area contributed by atoms with Crippen LogP contribution in [0.5, 0.6) is 0 Å². The zero-order chi connectivity index (χ0) is 109. The lowest BCUT2D eigenvalue weighted by Crippen LogP contribution is -2.43. The molecule has 15 N–H and O–H groups in total. The predicted molar refractivity (Wildman–Crippen MR) is 584 cm³/mol. The smallest absolute Gasteiger partial charge is 0.279 e. The average Bonchev–Trinajstić information content (AvgIpc) is 1.56. The van der Waals surface area contributed by atoms with Crippen LogP contribution in [0.4, 0.5) is 4.39 Å². The van der Waals surface area contributed by atoms with Gasteiger partial charge in [-0.15, -0.1) is 90.7 Å². The first-order valence-corrected chi connectivity index (χ1v) is 67.1. The second-order valence-electron chi connectivity index (χ2n) is 44.4. The first-order valence-electron chi connectivity index (χ1n) is 48.3. The number of H-pyrrole nitrogens is 6. The molecular formula is C94H142ClFN24O22P6. The fourth-order valence-electron chi connectivity index (χ4n) is 18.7. The van der Waals surface area contributed by atoms with Crippen molar-refractivity contribution in [2.45, 2.75) is 245 Å². The lowest BCUT2D eigenvalue weighted by Gasteiger charge is -2.32. The molecule has 12 aromatic heterocycles. The van der Waals surface area contributed by atoms with Crippen LogP contribution in [0.25, 0.3) is 67.0 Å². The van der Waals surface area contributed by atoms with Crippen LogP contribution in [0.1, 0.15) is 132 Å². The number of fused-ring (bicyclic) bond motifs is 8. The molecule has 46 nitrogen and oxygen atoms in total. The lowest BCUT2D eigenvalue weighted by molar-refractivity contribution is -0.172. The summed E-state index contributed by atoms with van der Waals surface area (Å²) in [7, 11) is 0. The minimum Gasteiger partial charge on any atom is -0.389 e. The lowest BCUT2D eigenvalue weighted by atomic mass is 9.95. The number of aryl methyl sites for hydroxylation is 6. The number of aliphatic hydroxyl groups is 9. The number of halogens is 2. The summed E-state index contributed by atoms with van der Waals surface area (Å²) in [5, 5.41) is 94.6. The van der Waals surface area contributed by atoms with Crippen molar-refractivity contribution in [1.29, 1.82) is 0 Å². The Labute approximate surface area is 857 Å². The van der Waals surface area contributed by atoms with E-state index in [0.29, 0.717) is 108 Å². The van der Waals surface area contributed by atoms with Crippen LogP contribution in [0.2, 0.25) is 0 Å². The number of rotatable bonds is 24. The fraction of sp³-hybridized carbons (Fsp3) is 0.617. The second kappa shape index (κ2) is 43.4. The topological polar surface area (TPSA) is 628 Å². The largest absolute Gasteiger partial charge is 0.389 e. The van der Waals surface area contributed by atoms with E-state index < -0.39 is 180 Å². The Balaban J connectivity index is 0.000000140. The van der Waals surface area contributed by atoms with E-state index in [9.17, 15) is 79.1 Å². The minimum atomic E-state index is -1.61. The van der Waals surface area contributed by atoms with Gasteiger partial charge in [0, 0.05) is 0 Å². The Kier molecular flexibility index (Phi) is 33.8. The summed E-state index contributed by atoms with van der Waals surface area (Å²) in [4.78, 5) is 138. The summed E-state index contributed by atoms with van der Waals surface area (Å²) in [5.41, 5.74) is -3.49. The molecule has 7 aliphatic heterocycles. The zero-order valence-electron chi connectivity index (χ0n) is 87.3. The van der Waals surface area contributed by atoms with Gasteiger partial charge in [0.25, 0.3) is 33.4 Å². The van der Waals surface area contributed by atoms with Crippen molar-refractivity contribution in [2.75, 3.05) is 124 Å².